The fourth-order valence-corrected chi connectivity index (χ4v) is 1.37. The first-order valence-corrected chi connectivity index (χ1v) is 5.68. The summed E-state index contributed by atoms with van der Waals surface area (Å²) in [7, 11) is 1.66. The molecule has 1 rings (SSSR count). The second kappa shape index (κ2) is 6.59. The van der Waals surface area contributed by atoms with Crippen LogP contribution in [0.15, 0.2) is 24.3 Å². The van der Waals surface area contributed by atoms with Gasteiger partial charge in [0.2, 0.25) is 0 Å². The zero-order chi connectivity index (χ0) is 12.7. The van der Waals surface area contributed by atoms with Crippen molar-refractivity contribution in [2.45, 2.75) is 25.5 Å². The molecule has 1 unspecified atom stereocenters. The average Bonchev–Trinajstić information content (AvgIpc) is 2.30. The van der Waals surface area contributed by atoms with Crippen molar-refractivity contribution in [2.24, 2.45) is 5.73 Å². The van der Waals surface area contributed by atoms with Gasteiger partial charge in [0.15, 0.2) is 0 Å². The molecule has 1 aromatic carbocycles. The number of methoxy groups -OCH3 is 1. The number of nitrogens with two attached hydrogens (primary N) is 1. The van der Waals surface area contributed by atoms with Gasteiger partial charge >= 0.3 is 0 Å². The minimum atomic E-state index is -0.579. The number of hydrogen-bond acceptors (Lipinski definition) is 4. The average molecular weight is 239 g/mol. The van der Waals surface area contributed by atoms with Crippen molar-refractivity contribution < 1.29 is 14.6 Å². The number of ether oxygens (including phenoxy) is 2. The summed E-state index contributed by atoms with van der Waals surface area (Å²) in [6.45, 7) is 2.82. The van der Waals surface area contributed by atoms with E-state index < -0.39 is 5.54 Å². The Balaban J connectivity index is 2.44. The predicted octanol–water partition coefficient (Wildman–Crippen LogP) is 1.31. The van der Waals surface area contributed by atoms with Gasteiger partial charge in [0.1, 0.15) is 5.75 Å². The molecule has 0 saturated carbocycles. The standard InChI is InChI=1S/C13H21NO3/c1-13(14,10-15)6-7-17-12-5-3-4-11(8-12)9-16-2/h3-5,8,15H,6-7,9-10,14H2,1-2H3. The van der Waals surface area contributed by atoms with E-state index >= 15 is 0 Å². The third-order valence-corrected chi connectivity index (χ3v) is 2.51. The first-order valence-electron chi connectivity index (χ1n) is 5.68. The lowest BCUT2D eigenvalue weighted by Gasteiger charge is -2.21. The Morgan fingerprint density at radius 2 is 2.18 bits per heavy atom. The second-order valence-corrected chi connectivity index (χ2v) is 4.49. The van der Waals surface area contributed by atoms with Crippen LogP contribution in [0.5, 0.6) is 5.75 Å². The molecule has 0 heterocycles. The van der Waals surface area contributed by atoms with E-state index in [1.807, 2.05) is 24.3 Å². The molecule has 0 aromatic heterocycles. The Morgan fingerprint density at radius 3 is 2.82 bits per heavy atom. The molecular formula is C13H21NO3. The van der Waals surface area contributed by atoms with Crippen molar-refractivity contribution in [2.75, 3.05) is 20.3 Å². The van der Waals surface area contributed by atoms with Crippen LogP contribution in [0, 0.1) is 0 Å². The van der Waals surface area contributed by atoms with Crippen molar-refractivity contribution in [3.63, 3.8) is 0 Å². The number of rotatable bonds is 7. The molecule has 0 aliphatic carbocycles. The highest BCUT2D eigenvalue weighted by molar-refractivity contribution is 5.28. The molecule has 1 aromatic rings. The molecule has 4 heteroatoms. The van der Waals surface area contributed by atoms with E-state index in [0.717, 1.165) is 11.3 Å². The fraction of sp³-hybridized carbons (Fsp3) is 0.538. The summed E-state index contributed by atoms with van der Waals surface area (Å²) in [6, 6.07) is 7.75. The zero-order valence-electron chi connectivity index (χ0n) is 10.5. The molecule has 96 valence electrons. The molecule has 0 saturated heterocycles. The van der Waals surface area contributed by atoms with Crippen LogP contribution in [0.25, 0.3) is 0 Å². The number of aliphatic hydroxyl groups excluding tert-OH is 1. The summed E-state index contributed by atoms with van der Waals surface area (Å²) in [4.78, 5) is 0. The summed E-state index contributed by atoms with van der Waals surface area (Å²) < 4.78 is 10.6. The highest BCUT2D eigenvalue weighted by Crippen LogP contribution is 2.15. The van der Waals surface area contributed by atoms with E-state index in [9.17, 15) is 0 Å². The van der Waals surface area contributed by atoms with Gasteiger partial charge in [0.05, 0.1) is 19.8 Å². The largest absolute Gasteiger partial charge is 0.494 e. The second-order valence-electron chi connectivity index (χ2n) is 4.49. The van der Waals surface area contributed by atoms with Gasteiger partial charge in [-0.1, -0.05) is 12.1 Å². The smallest absolute Gasteiger partial charge is 0.119 e. The minimum Gasteiger partial charge on any atom is -0.494 e. The van der Waals surface area contributed by atoms with E-state index in [4.69, 9.17) is 20.3 Å². The topological polar surface area (TPSA) is 64.7 Å². The van der Waals surface area contributed by atoms with Gasteiger partial charge < -0.3 is 20.3 Å². The number of hydrogen-bond donors (Lipinski definition) is 2. The third kappa shape index (κ3) is 5.17. The highest BCUT2D eigenvalue weighted by Gasteiger charge is 2.16. The van der Waals surface area contributed by atoms with Crippen LogP contribution >= 0.6 is 0 Å². The maximum absolute atomic E-state index is 9.01. The molecule has 0 spiro atoms. The van der Waals surface area contributed by atoms with Gasteiger partial charge in [-0.25, -0.2) is 0 Å². The van der Waals surface area contributed by atoms with E-state index in [1.165, 1.54) is 0 Å². The van der Waals surface area contributed by atoms with E-state index in [0.29, 0.717) is 19.6 Å². The van der Waals surface area contributed by atoms with Crippen molar-refractivity contribution >= 4 is 0 Å². The predicted molar refractivity (Wildman–Crippen MR) is 66.9 cm³/mol. The van der Waals surface area contributed by atoms with Crippen LogP contribution in [0.3, 0.4) is 0 Å². The molecule has 0 amide bonds. The highest BCUT2D eigenvalue weighted by atomic mass is 16.5. The molecule has 3 N–H and O–H groups in total. The molecule has 0 fully saturated rings. The van der Waals surface area contributed by atoms with Crippen LogP contribution < -0.4 is 10.5 Å². The summed E-state index contributed by atoms with van der Waals surface area (Å²) >= 11 is 0. The lowest BCUT2D eigenvalue weighted by molar-refractivity contribution is 0.174. The van der Waals surface area contributed by atoms with E-state index in [2.05, 4.69) is 0 Å². The molecule has 0 aliphatic heterocycles. The lowest BCUT2D eigenvalue weighted by Crippen LogP contribution is -2.41. The Hall–Kier alpha value is -1.10. The number of aliphatic hydroxyl groups is 1. The van der Waals surface area contributed by atoms with Gasteiger partial charge in [0.25, 0.3) is 0 Å². The minimum absolute atomic E-state index is 0.0416. The lowest BCUT2D eigenvalue weighted by atomic mass is 10.0. The Kier molecular flexibility index (Phi) is 5.41. The maximum atomic E-state index is 9.01. The van der Waals surface area contributed by atoms with Crippen LogP contribution in [0.2, 0.25) is 0 Å². The van der Waals surface area contributed by atoms with Crippen molar-refractivity contribution in [1.29, 1.82) is 0 Å². The zero-order valence-corrected chi connectivity index (χ0v) is 10.5. The first kappa shape index (κ1) is 14.0. The maximum Gasteiger partial charge on any atom is 0.119 e. The van der Waals surface area contributed by atoms with Crippen LogP contribution in [0.4, 0.5) is 0 Å². The van der Waals surface area contributed by atoms with Crippen LogP contribution in [-0.2, 0) is 11.3 Å². The molecule has 4 nitrogen and oxygen atoms in total. The number of benzene rings is 1. The molecule has 17 heavy (non-hydrogen) atoms. The van der Waals surface area contributed by atoms with Gasteiger partial charge in [-0.3, -0.25) is 0 Å². The molecule has 0 bridgehead atoms. The van der Waals surface area contributed by atoms with Crippen molar-refractivity contribution in [3.8, 4) is 5.75 Å². The summed E-state index contributed by atoms with van der Waals surface area (Å²) in [5.74, 6) is 0.799. The summed E-state index contributed by atoms with van der Waals surface area (Å²) in [6.07, 6.45) is 0.609. The Labute approximate surface area is 102 Å². The fourth-order valence-electron chi connectivity index (χ4n) is 1.37. The van der Waals surface area contributed by atoms with E-state index in [1.54, 1.807) is 14.0 Å². The monoisotopic (exact) mass is 239 g/mol. The Morgan fingerprint density at radius 1 is 1.41 bits per heavy atom. The molecule has 0 radical (unpaired) electrons. The summed E-state index contributed by atoms with van der Waals surface area (Å²) in [5.41, 5.74) is 6.30. The molecular weight excluding hydrogens is 218 g/mol. The Bertz CT molecular complexity index is 339. The summed E-state index contributed by atoms with van der Waals surface area (Å²) in [5, 5.41) is 9.01. The van der Waals surface area contributed by atoms with Gasteiger partial charge in [-0.05, 0) is 24.6 Å². The van der Waals surface area contributed by atoms with E-state index in [-0.39, 0.29) is 6.61 Å². The van der Waals surface area contributed by atoms with Gasteiger partial charge in [-0.2, -0.15) is 0 Å². The first-order chi connectivity index (χ1) is 8.07. The normalized spacial score (nSPS) is 14.4. The third-order valence-electron chi connectivity index (χ3n) is 2.51. The van der Waals surface area contributed by atoms with Crippen molar-refractivity contribution in [1.82, 2.24) is 0 Å². The van der Waals surface area contributed by atoms with Crippen LogP contribution in [0.1, 0.15) is 18.9 Å². The SMILES string of the molecule is COCc1cccc(OCCC(C)(N)CO)c1. The van der Waals surface area contributed by atoms with Gasteiger partial charge in [-0.15, -0.1) is 0 Å². The quantitative estimate of drug-likeness (QED) is 0.753. The van der Waals surface area contributed by atoms with Gasteiger partial charge in [0, 0.05) is 19.1 Å². The molecule has 1 atom stereocenters. The van der Waals surface area contributed by atoms with Crippen LogP contribution in [-0.4, -0.2) is 31.0 Å². The molecule has 0 aliphatic rings. The van der Waals surface area contributed by atoms with Crippen molar-refractivity contribution in [3.05, 3.63) is 29.8 Å².